The first-order chi connectivity index (χ1) is 17.5. The SMILES string of the molecule is Nc1nc(F)c(-c2ccc(N3CCN(CC4CC4)CC3)cc2)nc1-c1ccc2c(=O)[nH]cc(F)c2c1. The maximum Gasteiger partial charge on any atom is 0.256 e. The van der Waals surface area contributed by atoms with E-state index in [9.17, 15) is 13.6 Å². The van der Waals surface area contributed by atoms with Gasteiger partial charge in [0.05, 0.1) is 0 Å². The Morgan fingerprint density at radius 1 is 0.917 bits per heavy atom. The number of aromatic nitrogens is 3. The summed E-state index contributed by atoms with van der Waals surface area (Å²) in [6.45, 7) is 5.25. The highest BCUT2D eigenvalue weighted by Crippen LogP contribution is 2.32. The summed E-state index contributed by atoms with van der Waals surface area (Å²) in [6.07, 6.45) is 3.74. The number of nitrogen functional groups attached to an aromatic ring is 1. The number of H-pyrrole nitrogens is 1. The summed E-state index contributed by atoms with van der Waals surface area (Å²) < 4.78 is 29.2. The van der Waals surface area contributed by atoms with Crippen molar-refractivity contribution in [3.8, 4) is 22.5 Å². The Morgan fingerprint density at radius 3 is 2.36 bits per heavy atom. The molecule has 0 amide bonds. The molecule has 0 bridgehead atoms. The Labute approximate surface area is 206 Å². The van der Waals surface area contributed by atoms with Crippen molar-refractivity contribution in [2.24, 2.45) is 5.92 Å². The number of benzene rings is 2. The molecule has 0 unspecified atom stereocenters. The standard InChI is InChI=1S/C27H26F2N6O/c28-22-14-31-27(36)20-8-5-18(13-21(20)22)24-26(30)33-25(29)23(32-24)17-3-6-19(7-4-17)35-11-9-34(10-12-35)15-16-1-2-16/h3-8,13-14,16H,1-2,9-12,15H2,(H2,30,33)(H,31,36). The monoisotopic (exact) mass is 488 g/mol. The number of hydrogen-bond donors (Lipinski definition) is 2. The van der Waals surface area contributed by atoms with E-state index in [1.165, 1.54) is 31.5 Å². The van der Waals surface area contributed by atoms with Crippen LogP contribution in [0, 0.1) is 17.7 Å². The third-order valence-corrected chi connectivity index (χ3v) is 7.10. The number of piperazine rings is 1. The van der Waals surface area contributed by atoms with Gasteiger partial charge in [0.15, 0.2) is 5.82 Å². The third-order valence-electron chi connectivity index (χ3n) is 7.10. The molecular formula is C27H26F2N6O. The van der Waals surface area contributed by atoms with E-state index >= 15 is 0 Å². The first kappa shape index (κ1) is 22.6. The van der Waals surface area contributed by atoms with Gasteiger partial charge in [0.25, 0.3) is 5.56 Å². The normalized spacial score (nSPS) is 16.6. The second-order valence-electron chi connectivity index (χ2n) is 9.60. The maximum absolute atomic E-state index is 14.8. The van der Waals surface area contributed by atoms with Crippen molar-refractivity contribution < 1.29 is 8.78 Å². The number of nitrogens with zero attached hydrogens (tertiary/aromatic N) is 4. The summed E-state index contributed by atoms with van der Waals surface area (Å²) in [5.74, 6) is -0.570. The molecular weight excluding hydrogens is 462 g/mol. The Hall–Kier alpha value is -3.85. The summed E-state index contributed by atoms with van der Waals surface area (Å²) in [7, 11) is 0. The van der Waals surface area contributed by atoms with Gasteiger partial charge in [-0.15, -0.1) is 0 Å². The Morgan fingerprint density at radius 2 is 1.64 bits per heavy atom. The molecule has 184 valence electrons. The van der Waals surface area contributed by atoms with Gasteiger partial charge in [-0.05, 0) is 43.0 Å². The quantitative estimate of drug-likeness (QED) is 0.441. The molecule has 1 saturated heterocycles. The summed E-state index contributed by atoms with van der Waals surface area (Å²) in [5.41, 5.74) is 7.98. The van der Waals surface area contributed by atoms with Crippen LogP contribution >= 0.6 is 0 Å². The Bertz CT molecular complexity index is 1490. The van der Waals surface area contributed by atoms with Crippen LogP contribution in [-0.4, -0.2) is 52.6 Å². The molecule has 1 aliphatic carbocycles. The van der Waals surface area contributed by atoms with Crippen LogP contribution in [0.5, 0.6) is 0 Å². The number of nitrogens with two attached hydrogens (primary N) is 1. The molecule has 1 saturated carbocycles. The van der Waals surface area contributed by atoms with Crippen molar-refractivity contribution in [3.63, 3.8) is 0 Å². The molecule has 0 spiro atoms. The van der Waals surface area contributed by atoms with Gasteiger partial charge in [-0.1, -0.05) is 18.2 Å². The first-order valence-corrected chi connectivity index (χ1v) is 12.2. The second kappa shape index (κ2) is 8.98. The summed E-state index contributed by atoms with van der Waals surface area (Å²) in [6, 6.07) is 12.2. The van der Waals surface area contributed by atoms with Gasteiger partial charge in [-0.3, -0.25) is 9.69 Å². The highest BCUT2D eigenvalue weighted by molar-refractivity contribution is 5.88. The zero-order valence-electron chi connectivity index (χ0n) is 19.7. The van der Waals surface area contributed by atoms with Crippen LogP contribution in [0.2, 0.25) is 0 Å². The van der Waals surface area contributed by atoms with Gasteiger partial charge in [0.2, 0.25) is 5.95 Å². The van der Waals surface area contributed by atoms with Crippen LogP contribution in [0.1, 0.15) is 12.8 Å². The molecule has 3 N–H and O–H groups in total. The zero-order valence-corrected chi connectivity index (χ0v) is 19.7. The molecule has 2 aromatic heterocycles. The molecule has 6 rings (SSSR count). The van der Waals surface area contributed by atoms with Gasteiger partial charge >= 0.3 is 0 Å². The third kappa shape index (κ3) is 4.30. The predicted octanol–water partition coefficient (Wildman–Crippen LogP) is 4.04. The number of hydrogen-bond acceptors (Lipinski definition) is 6. The number of nitrogens with one attached hydrogen (secondary N) is 1. The minimum Gasteiger partial charge on any atom is -0.382 e. The molecule has 9 heteroatoms. The molecule has 0 atom stereocenters. The van der Waals surface area contributed by atoms with E-state index in [2.05, 4.69) is 24.8 Å². The lowest BCUT2D eigenvalue weighted by atomic mass is 10.0. The van der Waals surface area contributed by atoms with Crippen molar-refractivity contribution in [1.82, 2.24) is 19.9 Å². The highest BCUT2D eigenvalue weighted by Gasteiger charge is 2.26. The van der Waals surface area contributed by atoms with E-state index in [1.54, 1.807) is 6.07 Å². The lowest BCUT2D eigenvalue weighted by Crippen LogP contribution is -2.47. The van der Waals surface area contributed by atoms with Gasteiger partial charge in [-0.25, -0.2) is 9.37 Å². The minimum atomic E-state index is -0.777. The zero-order chi connectivity index (χ0) is 24.8. The predicted molar refractivity (Wildman–Crippen MR) is 137 cm³/mol. The average Bonchev–Trinajstić information content (AvgIpc) is 3.71. The topological polar surface area (TPSA) is 91.1 Å². The van der Waals surface area contributed by atoms with E-state index in [4.69, 9.17) is 5.73 Å². The summed E-state index contributed by atoms with van der Waals surface area (Å²) in [5, 5.41) is 0.335. The number of pyridine rings is 1. The van der Waals surface area contributed by atoms with Crippen LogP contribution in [0.4, 0.5) is 20.3 Å². The maximum atomic E-state index is 14.8. The molecule has 3 heterocycles. The van der Waals surface area contributed by atoms with Crippen molar-refractivity contribution in [2.75, 3.05) is 43.4 Å². The summed E-state index contributed by atoms with van der Waals surface area (Å²) >= 11 is 0. The molecule has 2 aliphatic rings. The molecule has 36 heavy (non-hydrogen) atoms. The van der Waals surface area contributed by atoms with E-state index in [-0.39, 0.29) is 28.0 Å². The fourth-order valence-corrected chi connectivity index (χ4v) is 4.88. The fraction of sp³-hybridized carbons (Fsp3) is 0.296. The van der Waals surface area contributed by atoms with Crippen molar-refractivity contribution in [3.05, 3.63) is 70.8 Å². The smallest absolute Gasteiger partial charge is 0.256 e. The molecule has 2 aromatic carbocycles. The van der Waals surface area contributed by atoms with Crippen LogP contribution in [0.3, 0.4) is 0 Å². The fourth-order valence-electron chi connectivity index (χ4n) is 4.88. The van der Waals surface area contributed by atoms with Gasteiger partial charge < -0.3 is 15.6 Å². The van der Waals surface area contributed by atoms with E-state index in [0.717, 1.165) is 44.0 Å². The largest absolute Gasteiger partial charge is 0.382 e. The summed E-state index contributed by atoms with van der Waals surface area (Å²) in [4.78, 5) is 27.6. The number of fused-ring (bicyclic) bond motifs is 1. The van der Waals surface area contributed by atoms with E-state index in [0.29, 0.717) is 11.1 Å². The van der Waals surface area contributed by atoms with Crippen molar-refractivity contribution in [1.29, 1.82) is 0 Å². The number of anilines is 2. The lowest BCUT2D eigenvalue weighted by molar-refractivity contribution is 0.248. The van der Waals surface area contributed by atoms with E-state index in [1.807, 2.05) is 24.3 Å². The molecule has 1 aliphatic heterocycles. The number of aromatic amines is 1. The van der Waals surface area contributed by atoms with Gasteiger partial charge in [0, 0.05) is 66.5 Å². The van der Waals surface area contributed by atoms with Crippen LogP contribution < -0.4 is 16.2 Å². The highest BCUT2D eigenvalue weighted by atomic mass is 19.1. The molecule has 0 radical (unpaired) electrons. The minimum absolute atomic E-state index is 0.0616. The van der Waals surface area contributed by atoms with Crippen LogP contribution in [-0.2, 0) is 0 Å². The van der Waals surface area contributed by atoms with Crippen LogP contribution in [0.25, 0.3) is 33.3 Å². The first-order valence-electron chi connectivity index (χ1n) is 12.2. The number of rotatable bonds is 5. The van der Waals surface area contributed by atoms with Crippen molar-refractivity contribution in [2.45, 2.75) is 12.8 Å². The Balaban J connectivity index is 1.27. The molecule has 2 fully saturated rings. The molecule has 4 aromatic rings. The molecule has 7 nitrogen and oxygen atoms in total. The van der Waals surface area contributed by atoms with Crippen molar-refractivity contribution >= 4 is 22.3 Å². The van der Waals surface area contributed by atoms with Gasteiger partial charge in [-0.2, -0.15) is 9.37 Å². The second-order valence-corrected chi connectivity index (χ2v) is 9.60. The number of halogens is 2. The lowest BCUT2D eigenvalue weighted by Gasteiger charge is -2.36. The van der Waals surface area contributed by atoms with Gasteiger partial charge in [0.1, 0.15) is 17.2 Å². The Kier molecular flexibility index (Phi) is 5.64. The average molecular weight is 489 g/mol. The van der Waals surface area contributed by atoms with E-state index < -0.39 is 17.3 Å². The van der Waals surface area contributed by atoms with Crippen LogP contribution in [0.15, 0.2) is 53.5 Å².